The molecule has 0 radical (unpaired) electrons. The maximum atomic E-state index is 11.3. The second-order valence-corrected chi connectivity index (χ2v) is 5.13. The van der Waals surface area contributed by atoms with Crippen molar-refractivity contribution >= 4 is 22.5 Å². The van der Waals surface area contributed by atoms with Gasteiger partial charge in [0, 0.05) is 28.9 Å². The predicted octanol–water partition coefficient (Wildman–Crippen LogP) is 2.21. The van der Waals surface area contributed by atoms with Crippen molar-refractivity contribution < 1.29 is 4.79 Å². The summed E-state index contributed by atoms with van der Waals surface area (Å²) < 4.78 is 0. The molecule has 1 aliphatic rings. The molecule has 3 rings (SSSR count). The Morgan fingerprint density at radius 3 is 2.95 bits per heavy atom. The molecule has 1 aromatic heterocycles. The van der Waals surface area contributed by atoms with Gasteiger partial charge in [0.05, 0.1) is 11.3 Å². The largest absolute Gasteiger partial charge is 0.358 e. The summed E-state index contributed by atoms with van der Waals surface area (Å²) in [6.45, 7) is 3.87. The van der Waals surface area contributed by atoms with Gasteiger partial charge >= 0.3 is 0 Å². The zero-order valence-corrected chi connectivity index (χ0v) is 11.3. The number of H-pyrrole nitrogens is 1. The summed E-state index contributed by atoms with van der Waals surface area (Å²) in [5.41, 5.74) is 6.79. The van der Waals surface area contributed by atoms with Crippen LogP contribution in [0.4, 0.5) is 0 Å². The van der Waals surface area contributed by atoms with Gasteiger partial charge in [-0.2, -0.15) is 10.4 Å². The van der Waals surface area contributed by atoms with E-state index < -0.39 is 0 Å². The molecule has 5 heteroatoms. The first-order chi connectivity index (χ1) is 9.60. The van der Waals surface area contributed by atoms with Crippen LogP contribution in [0.25, 0.3) is 10.9 Å². The first-order valence-corrected chi connectivity index (χ1v) is 6.49. The number of aromatic amines is 1. The third-order valence-corrected chi connectivity index (χ3v) is 3.65. The molecule has 2 aromatic rings. The highest BCUT2D eigenvalue weighted by Gasteiger charge is 2.22. The summed E-state index contributed by atoms with van der Waals surface area (Å²) >= 11 is 0. The number of aromatic nitrogens is 1. The maximum Gasteiger partial charge on any atom is 0.240 e. The number of carbonyl (C=O) groups is 1. The number of nitriles is 1. The fourth-order valence-corrected chi connectivity index (χ4v) is 2.63. The van der Waals surface area contributed by atoms with E-state index in [9.17, 15) is 10.1 Å². The fourth-order valence-electron chi connectivity index (χ4n) is 2.63. The number of benzene rings is 1. The van der Waals surface area contributed by atoms with Crippen LogP contribution in [-0.4, -0.2) is 16.6 Å². The standard InChI is InChI=1S/C15H14N4O/c1-8-5-14(20)18-19-15(8)10-3-4-13-11(6-10)12(7-16)9(2)17-13/h3-4,6,8,17H,5H2,1-2H3,(H,18,20). The number of carbonyl (C=O) groups excluding carboxylic acids is 1. The average Bonchev–Trinajstić information content (AvgIpc) is 2.73. The fraction of sp³-hybridized carbons (Fsp3) is 0.267. The van der Waals surface area contributed by atoms with Crippen molar-refractivity contribution in [1.82, 2.24) is 10.4 Å². The summed E-state index contributed by atoms with van der Waals surface area (Å²) in [7, 11) is 0. The van der Waals surface area contributed by atoms with Gasteiger partial charge in [-0.25, -0.2) is 5.43 Å². The molecule has 0 bridgehead atoms. The second-order valence-electron chi connectivity index (χ2n) is 5.13. The molecule has 1 amide bonds. The van der Waals surface area contributed by atoms with Crippen molar-refractivity contribution in [1.29, 1.82) is 5.26 Å². The van der Waals surface area contributed by atoms with Crippen LogP contribution in [0.5, 0.6) is 0 Å². The minimum atomic E-state index is -0.0578. The van der Waals surface area contributed by atoms with E-state index in [2.05, 4.69) is 21.6 Å². The summed E-state index contributed by atoms with van der Waals surface area (Å²) in [4.78, 5) is 14.5. The van der Waals surface area contributed by atoms with Gasteiger partial charge in [0.15, 0.2) is 0 Å². The van der Waals surface area contributed by atoms with Gasteiger partial charge in [-0.3, -0.25) is 4.79 Å². The van der Waals surface area contributed by atoms with Crippen molar-refractivity contribution in [2.45, 2.75) is 20.3 Å². The monoisotopic (exact) mass is 266 g/mol. The molecule has 0 saturated heterocycles. The molecule has 20 heavy (non-hydrogen) atoms. The van der Waals surface area contributed by atoms with E-state index in [-0.39, 0.29) is 11.8 Å². The third kappa shape index (κ3) is 1.86. The highest BCUT2D eigenvalue weighted by molar-refractivity contribution is 6.08. The van der Waals surface area contributed by atoms with Crippen molar-refractivity contribution in [3.05, 3.63) is 35.0 Å². The molecule has 1 atom stereocenters. The van der Waals surface area contributed by atoms with E-state index >= 15 is 0 Å². The summed E-state index contributed by atoms with van der Waals surface area (Å²) in [6.07, 6.45) is 0.439. The quantitative estimate of drug-likeness (QED) is 0.829. The third-order valence-electron chi connectivity index (χ3n) is 3.65. The Labute approximate surface area is 116 Å². The van der Waals surface area contributed by atoms with Gasteiger partial charge in [-0.05, 0) is 24.6 Å². The Balaban J connectivity index is 2.14. The molecular formula is C15H14N4O. The summed E-state index contributed by atoms with van der Waals surface area (Å²) in [5.74, 6) is 0.0179. The minimum absolute atomic E-state index is 0.0578. The number of rotatable bonds is 1. The number of hydrogen-bond donors (Lipinski definition) is 2. The Morgan fingerprint density at radius 1 is 1.45 bits per heavy atom. The zero-order valence-electron chi connectivity index (χ0n) is 11.3. The van der Waals surface area contributed by atoms with Crippen molar-refractivity contribution in [3.8, 4) is 6.07 Å². The highest BCUT2D eigenvalue weighted by atomic mass is 16.2. The second kappa shape index (κ2) is 4.49. The van der Waals surface area contributed by atoms with Crippen LogP contribution in [0.15, 0.2) is 23.3 Å². The molecule has 0 spiro atoms. The molecule has 0 aliphatic carbocycles. The van der Waals surface area contributed by atoms with Gasteiger partial charge in [0.1, 0.15) is 6.07 Å². The van der Waals surface area contributed by atoms with Gasteiger partial charge in [-0.1, -0.05) is 13.0 Å². The SMILES string of the molecule is Cc1[nH]c2ccc(C3=NNC(=O)CC3C)cc2c1C#N. The van der Waals surface area contributed by atoms with Crippen molar-refractivity contribution in [3.63, 3.8) is 0 Å². The number of amides is 1. The van der Waals surface area contributed by atoms with E-state index in [1.165, 1.54) is 0 Å². The van der Waals surface area contributed by atoms with Crippen LogP contribution >= 0.6 is 0 Å². The number of hydrogen-bond acceptors (Lipinski definition) is 3. The van der Waals surface area contributed by atoms with Crippen molar-refractivity contribution in [2.75, 3.05) is 0 Å². The maximum absolute atomic E-state index is 11.3. The molecule has 1 aliphatic heterocycles. The number of nitrogens with one attached hydrogen (secondary N) is 2. The van der Waals surface area contributed by atoms with Gasteiger partial charge in [0.25, 0.3) is 0 Å². The molecule has 5 nitrogen and oxygen atoms in total. The number of nitrogens with zero attached hydrogens (tertiary/aromatic N) is 2. The molecule has 1 unspecified atom stereocenters. The lowest BCUT2D eigenvalue weighted by Crippen LogP contribution is -2.31. The van der Waals surface area contributed by atoms with E-state index in [4.69, 9.17) is 0 Å². The van der Waals surface area contributed by atoms with Crippen molar-refractivity contribution in [2.24, 2.45) is 11.0 Å². The van der Waals surface area contributed by atoms with Crippen LogP contribution in [0.2, 0.25) is 0 Å². The highest BCUT2D eigenvalue weighted by Crippen LogP contribution is 2.25. The van der Waals surface area contributed by atoms with E-state index in [1.54, 1.807) is 0 Å². The molecule has 1 aromatic carbocycles. The Kier molecular flexibility index (Phi) is 2.79. The van der Waals surface area contributed by atoms with E-state index in [0.717, 1.165) is 27.9 Å². The lowest BCUT2D eigenvalue weighted by atomic mass is 9.93. The topological polar surface area (TPSA) is 81.0 Å². The molecule has 0 fully saturated rings. The first-order valence-electron chi connectivity index (χ1n) is 6.49. The molecule has 100 valence electrons. The molecular weight excluding hydrogens is 252 g/mol. The predicted molar refractivity (Wildman–Crippen MR) is 76.2 cm³/mol. The van der Waals surface area contributed by atoms with Crippen LogP contribution in [0.1, 0.15) is 30.2 Å². The van der Waals surface area contributed by atoms with E-state index in [0.29, 0.717) is 12.0 Å². The number of hydrazone groups is 1. The molecule has 2 N–H and O–H groups in total. The van der Waals surface area contributed by atoms with Gasteiger partial charge in [-0.15, -0.1) is 0 Å². The van der Waals surface area contributed by atoms with Crippen LogP contribution < -0.4 is 5.43 Å². The molecule has 2 heterocycles. The Morgan fingerprint density at radius 2 is 2.25 bits per heavy atom. The smallest absolute Gasteiger partial charge is 0.240 e. The minimum Gasteiger partial charge on any atom is -0.358 e. The number of aryl methyl sites for hydroxylation is 1. The van der Waals surface area contributed by atoms with Gasteiger partial charge in [0.2, 0.25) is 5.91 Å². The van der Waals surface area contributed by atoms with Gasteiger partial charge < -0.3 is 4.98 Å². The molecule has 0 saturated carbocycles. The summed E-state index contributed by atoms with van der Waals surface area (Å²) in [5, 5.41) is 14.3. The number of fused-ring (bicyclic) bond motifs is 1. The Bertz CT molecular complexity index is 779. The lowest BCUT2D eigenvalue weighted by Gasteiger charge is -2.19. The van der Waals surface area contributed by atoms with Crippen LogP contribution in [0, 0.1) is 24.2 Å². The average molecular weight is 266 g/mol. The Hall–Kier alpha value is -2.61. The lowest BCUT2D eigenvalue weighted by molar-refractivity contribution is -0.121. The summed E-state index contributed by atoms with van der Waals surface area (Å²) in [6, 6.07) is 8.10. The first kappa shape index (κ1) is 12.4. The zero-order chi connectivity index (χ0) is 14.3. The normalized spacial score (nSPS) is 18.6. The van der Waals surface area contributed by atoms with Crippen LogP contribution in [0.3, 0.4) is 0 Å². The van der Waals surface area contributed by atoms with E-state index in [1.807, 2.05) is 32.0 Å². The van der Waals surface area contributed by atoms with Crippen LogP contribution in [-0.2, 0) is 4.79 Å².